The molecule has 3 aromatic heterocycles. The Balaban J connectivity index is 1.41. The molecule has 4 aromatic rings. The van der Waals surface area contributed by atoms with E-state index in [1.54, 1.807) is 0 Å². The molecule has 34 heavy (non-hydrogen) atoms. The van der Waals surface area contributed by atoms with Crippen LogP contribution in [-0.4, -0.2) is 72.6 Å². The Bertz CT molecular complexity index is 1450. The van der Waals surface area contributed by atoms with Gasteiger partial charge in [-0.1, -0.05) is 18.1 Å². The summed E-state index contributed by atoms with van der Waals surface area (Å²) >= 11 is 0. The Morgan fingerprint density at radius 2 is 2.06 bits per heavy atom. The third-order valence-corrected chi connectivity index (χ3v) is 7.25. The highest BCUT2D eigenvalue weighted by Crippen LogP contribution is 2.39. The van der Waals surface area contributed by atoms with E-state index in [4.69, 9.17) is 5.73 Å². The standard InChI is InChI=1S/C25H28N8O/c1-31-20(7-6-15-12-33(13-15)19-8-9-27-11-21(19)34)22(23-24(26)28-14-29-25(23)31)16-4-3-5-18-17(16)10-30-32(18)2/h3-5,10,14-15,19,21,27,34H,8-9,11-13H2,1-2H3,(H2,26,28,29)/t19-,21+/m1/s1. The predicted molar refractivity (Wildman–Crippen MR) is 132 cm³/mol. The van der Waals surface area contributed by atoms with Crippen molar-refractivity contribution in [3.63, 3.8) is 0 Å². The highest BCUT2D eigenvalue weighted by atomic mass is 16.3. The molecule has 0 spiro atoms. The summed E-state index contributed by atoms with van der Waals surface area (Å²) in [4.78, 5) is 11.1. The van der Waals surface area contributed by atoms with Crippen molar-refractivity contribution < 1.29 is 5.11 Å². The third-order valence-electron chi connectivity index (χ3n) is 7.25. The molecular weight excluding hydrogens is 428 g/mol. The number of nitrogens with one attached hydrogen (secondary N) is 1. The maximum atomic E-state index is 10.3. The van der Waals surface area contributed by atoms with E-state index in [1.165, 1.54) is 6.33 Å². The number of aryl methyl sites for hydroxylation is 2. The number of aromatic nitrogens is 5. The van der Waals surface area contributed by atoms with Crippen molar-refractivity contribution >= 4 is 27.8 Å². The van der Waals surface area contributed by atoms with E-state index in [0.29, 0.717) is 12.4 Å². The van der Waals surface area contributed by atoms with Gasteiger partial charge in [-0.2, -0.15) is 5.10 Å². The lowest BCUT2D eigenvalue weighted by Gasteiger charge is -2.45. The van der Waals surface area contributed by atoms with Gasteiger partial charge < -0.3 is 20.7 Å². The number of piperidine rings is 1. The molecule has 0 radical (unpaired) electrons. The van der Waals surface area contributed by atoms with Crippen LogP contribution in [0.2, 0.25) is 0 Å². The fourth-order valence-electron chi connectivity index (χ4n) is 5.38. The fraction of sp³-hybridized carbons (Fsp3) is 0.400. The van der Waals surface area contributed by atoms with Crippen molar-refractivity contribution in [3.8, 4) is 23.0 Å². The SMILES string of the molecule is Cn1ncc2c(-c3c(C#CC4CN([C@@H]5CCNC[C@@H]5O)C4)n(C)c4ncnc(N)c34)cccc21. The largest absolute Gasteiger partial charge is 0.390 e. The zero-order chi connectivity index (χ0) is 23.4. The van der Waals surface area contributed by atoms with Crippen molar-refractivity contribution in [2.75, 3.05) is 31.9 Å². The van der Waals surface area contributed by atoms with Gasteiger partial charge in [-0.05, 0) is 30.5 Å². The number of nitrogen functional groups attached to an aromatic ring is 1. The molecule has 9 nitrogen and oxygen atoms in total. The van der Waals surface area contributed by atoms with Gasteiger partial charge in [0.2, 0.25) is 0 Å². The van der Waals surface area contributed by atoms with E-state index in [9.17, 15) is 5.11 Å². The average Bonchev–Trinajstić information content (AvgIpc) is 3.32. The second kappa shape index (κ2) is 8.09. The molecule has 2 saturated heterocycles. The summed E-state index contributed by atoms with van der Waals surface area (Å²) in [6.45, 7) is 3.39. The molecule has 0 aliphatic carbocycles. The Hall–Kier alpha value is -3.45. The summed E-state index contributed by atoms with van der Waals surface area (Å²) < 4.78 is 3.88. The molecule has 174 valence electrons. The summed E-state index contributed by atoms with van der Waals surface area (Å²) in [5, 5.41) is 19.9. The number of hydrogen-bond acceptors (Lipinski definition) is 7. The molecule has 2 aliphatic rings. The van der Waals surface area contributed by atoms with Gasteiger partial charge in [0.05, 0.1) is 23.2 Å². The van der Waals surface area contributed by atoms with Gasteiger partial charge in [-0.3, -0.25) is 9.58 Å². The lowest BCUT2D eigenvalue weighted by Crippen LogP contribution is -2.60. The maximum absolute atomic E-state index is 10.3. The molecule has 2 atom stereocenters. The van der Waals surface area contributed by atoms with Crippen molar-refractivity contribution in [3.05, 3.63) is 36.4 Å². The van der Waals surface area contributed by atoms with Gasteiger partial charge in [0.1, 0.15) is 23.5 Å². The molecule has 2 fully saturated rings. The van der Waals surface area contributed by atoms with Crippen LogP contribution in [0.3, 0.4) is 0 Å². The number of β-amino-alcohol motifs (C(OH)–C–C–N with tert-alkyl or cyclic N) is 1. The average molecular weight is 457 g/mol. The molecular formula is C25H28N8O. The zero-order valence-electron chi connectivity index (χ0n) is 19.4. The molecule has 9 heteroatoms. The van der Waals surface area contributed by atoms with Crippen LogP contribution in [-0.2, 0) is 14.1 Å². The highest BCUT2D eigenvalue weighted by molar-refractivity contribution is 6.09. The van der Waals surface area contributed by atoms with E-state index < -0.39 is 0 Å². The highest BCUT2D eigenvalue weighted by Gasteiger charge is 2.36. The van der Waals surface area contributed by atoms with E-state index in [0.717, 1.165) is 64.8 Å². The van der Waals surface area contributed by atoms with Crippen molar-refractivity contribution in [2.45, 2.75) is 18.6 Å². The first kappa shape index (κ1) is 21.1. The number of nitrogens with zero attached hydrogens (tertiary/aromatic N) is 6. The number of anilines is 1. The number of aliphatic hydroxyl groups is 1. The number of hydrogen-bond donors (Lipinski definition) is 3. The van der Waals surface area contributed by atoms with E-state index in [1.807, 2.05) is 35.6 Å². The topological polar surface area (TPSA) is 110 Å². The van der Waals surface area contributed by atoms with Crippen molar-refractivity contribution in [1.29, 1.82) is 0 Å². The van der Waals surface area contributed by atoms with E-state index in [-0.39, 0.29) is 18.1 Å². The summed E-state index contributed by atoms with van der Waals surface area (Å²) in [5.74, 6) is 7.66. The summed E-state index contributed by atoms with van der Waals surface area (Å²) in [6.07, 6.45) is 4.04. The quantitative estimate of drug-likeness (QED) is 0.388. The van der Waals surface area contributed by atoms with Gasteiger partial charge >= 0.3 is 0 Å². The molecule has 0 saturated carbocycles. The lowest BCUT2D eigenvalue weighted by molar-refractivity contribution is -0.0164. The molecule has 1 aromatic carbocycles. The smallest absolute Gasteiger partial charge is 0.146 e. The zero-order valence-corrected chi connectivity index (χ0v) is 19.4. The van der Waals surface area contributed by atoms with Crippen molar-refractivity contribution in [1.82, 2.24) is 34.5 Å². The van der Waals surface area contributed by atoms with Crippen LogP contribution in [0, 0.1) is 17.8 Å². The van der Waals surface area contributed by atoms with Crippen LogP contribution in [0.4, 0.5) is 5.82 Å². The van der Waals surface area contributed by atoms with E-state index >= 15 is 0 Å². The van der Waals surface area contributed by atoms with Crippen LogP contribution in [0.25, 0.3) is 33.1 Å². The molecule has 2 aliphatic heterocycles. The second-order valence-electron chi connectivity index (χ2n) is 9.29. The summed E-state index contributed by atoms with van der Waals surface area (Å²) in [6, 6.07) is 6.40. The number of rotatable bonds is 2. The fourth-order valence-corrected chi connectivity index (χ4v) is 5.38. The van der Waals surface area contributed by atoms with Crippen LogP contribution in [0.1, 0.15) is 12.1 Å². The second-order valence-corrected chi connectivity index (χ2v) is 9.29. The molecule has 4 N–H and O–H groups in total. The Morgan fingerprint density at radius 3 is 2.88 bits per heavy atom. The molecule has 0 bridgehead atoms. The van der Waals surface area contributed by atoms with E-state index in [2.05, 4.69) is 49.3 Å². The molecule has 0 unspecified atom stereocenters. The minimum atomic E-state index is -0.311. The number of benzene rings is 1. The van der Waals surface area contributed by atoms with Gasteiger partial charge in [0.15, 0.2) is 0 Å². The Morgan fingerprint density at radius 1 is 1.21 bits per heavy atom. The van der Waals surface area contributed by atoms with Crippen LogP contribution in [0.15, 0.2) is 30.7 Å². The monoisotopic (exact) mass is 456 g/mol. The first-order chi connectivity index (χ1) is 16.5. The minimum Gasteiger partial charge on any atom is -0.390 e. The lowest BCUT2D eigenvalue weighted by atomic mass is 9.92. The van der Waals surface area contributed by atoms with Crippen molar-refractivity contribution in [2.24, 2.45) is 20.0 Å². The van der Waals surface area contributed by atoms with Gasteiger partial charge in [-0.15, -0.1) is 0 Å². The normalized spacial score (nSPS) is 21.5. The first-order valence-corrected chi connectivity index (χ1v) is 11.7. The van der Waals surface area contributed by atoms with Crippen LogP contribution < -0.4 is 11.1 Å². The summed E-state index contributed by atoms with van der Waals surface area (Å²) in [5.41, 5.74) is 11.0. The minimum absolute atomic E-state index is 0.228. The first-order valence-electron chi connectivity index (χ1n) is 11.7. The molecule has 5 heterocycles. The Kier molecular flexibility index (Phi) is 5.03. The Labute approximate surface area is 197 Å². The number of fused-ring (bicyclic) bond motifs is 2. The van der Waals surface area contributed by atoms with Gasteiger partial charge in [0, 0.05) is 56.6 Å². The number of aliphatic hydroxyl groups excluding tert-OH is 1. The molecule has 0 amide bonds. The predicted octanol–water partition coefficient (Wildman–Crippen LogP) is 1.11. The maximum Gasteiger partial charge on any atom is 0.146 e. The van der Waals surface area contributed by atoms with Crippen LogP contribution in [0.5, 0.6) is 0 Å². The molecule has 6 rings (SSSR count). The van der Waals surface area contributed by atoms with Gasteiger partial charge in [0.25, 0.3) is 0 Å². The number of likely N-dealkylation sites (tertiary alicyclic amines) is 1. The van der Waals surface area contributed by atoms with Gasteiger partial charge in [-0.25, -0.2) is 9.97 Å². The number of nitrogens with two attached hydrogens (primary N) is 1. The van der Waals surface area contributed by atoms with Crippen LogP contribution >= 0.6 is 0 Å². The summed E-state index contributed by atoms with van der Waals surface area (Å²) in [7, 11) is 3.92. The third kappa shape index (κ3) is 3.26.